The zero-order chi connectivity index (χ0) is 29.9. The Morgan fingerprint density at radius 2 is 1.76 bits per heavy atom. The van der Waals surface area contributed by atoms with E-state index in [4.69, 9.17) is 28.2 Å². The molecular formula is C31H35Cl2FN4O3S. The van der Waals surface area contributed by atoms with Crippen molar-refractivity contribution in [1.29, 1.82) is 0 Å². The van der Waals surface area contributed by atoms with Gasteiger partial charge < -0.3 is 10.2 Å². The highest BCUT2D eigenvalue weighted by atomic mass is 35.5. The predicted octanol–water partition coefficient (Wildman–Crippen LogP) is 5.61. The number of fused-ring (bicyclic) bond motifs is 1. The lowest BCUT2D eigenvalue weighted by molar-refractivity contribution is -0.134. The molecule has 7 nitrogen and oxygen atoms in total. The summed E-state index contributed by atoms with van der Waals surface area (Å²) in [6.07, 6.45) is 3.07. The van der Waals surface area contributed by atoms with E-state index >= 15 is 0 Å². The van der Waals surface area contributed by atoms with Crippen molar-refractivity contribution < 1.29 is 17.6 Å². The molecule has 3 saturated carbocycles. The Morgan fingerprint density at radius 1 is 1.07 bits per heavy atom. The van der Waals surface area contributed by atoms with Crippen LogP contribution in [0.4, 0.5) is 4.39 Å². The second-order valence-electron chi connectivity index (χ2n) is 14.0. The number of amidine groups is 1. The van der Waals surface area contributed by atoms with E-state index in [1.54, 1.807) is 59.8 Å². The molecular weight excluding hydrogens is 598 g/mol. The highest BCUT2D eigenvalue weighted by molar-refractivity contribution is 7.89. The summed E-state index contributed by atoms with van der Waals surface area (Å²) in [6.45, 7) is 6.91. The van der Waals surface area contributed by atoms with Gasteiger partial charge in [0.1, 0.15) is 11.5 Å². The summed E-state index contributed by atoms with van der Waals surface area (Å²) in [4.78, 5) is 20.8. The Balaban J connectivity index is 1.16. The molecule has 4 fully saturated rings. The molecule has 5 aliphatic rings. The highest BCUT2D eigenvalue weighted by Crippen LogP contribution is 2.83. The van der Waals surface area contributed by atoms with Crippen LogP contribution < -0.4 is 5.32 Å². The Labute approximate surface area is 256 Å². The van der Waals surface area contributed by atoms with Gasteiger partial charge in [-0.3, -0.25) is 9.79 Å². The van der Waals surface area contributed by atoms with Gasteiger partial charge in [0.2, 0.25) is 15.9 Å². The third-order valence-electron chi connectivity index (χ3n) is 10.3. The summed E-state index contributed by atoms with van der Waals surface area (Å²) in [7, 11) is -3.87. The molecule has 1 N–H and O–H groups in total. The topological polar surface area (TPSA) is 82.1 Å². The molecule has 0 unspecified atom stereocenters. The molecule has 3 aliphatic carbocycles. The van der Waals surface area contributed by atoms with Gasteiger partial charge in [0.25, 0.3) is 0 Å². The molecule has 1 atom stereocenters. The average Bonchev–Trinajstić information content (AvgIpc) is 3.61. The number of nitrogens with zero attached hydrogens (tertiary/aromatic N) is 3. The molecule has 11 heteroatoms. The van der Waals surface area contributed by atoms with E-state index < -0.39 is 38.2 Å². The lowest BCUT2D eigenvalue weighted by Gasteiger charge is -2.48. The van der Waals surface area contributed by atoms with Gasteiger partial charge in [-0.1, -0.05) is 47.5 Å². The summed E-state index contributed by atoms with van der Waals surface area (Å²) >= 11 is 12.4. The van der Waals surface area contributed by atoms with Gasteiger partial charge in [-0.25, -0.2) is 12.8 Å². The standard InChI is InChI=1S/C31H35Cl2FN4O3S/c1-27(2)24(25(39)37-12-11-29(19-37)15-28(3,34)16-29)35-26(36-27)30-17-31(30,18-30)38(14-20-9-10-22(32)23(33)13-20)42(40,41)21-7-5-4-6-8-21/h4-10,13,24H,11-12,14-19H2,1-3H3,(H,35,36)/t24-,28?,29?,30?,31?/m0/s1. The van der Waals surface area contributed by atoms with Crippen LogP contribution in [0.3, 0.4) is 0 Å². The second-order valence-corrected chi connectivity index (χ2v) is 16.7. The minimum absolute atomic E-state index is 0.0419. The van der Waals surface area contributed by atoms with Gasteiger partial charge in [-0.05, 0) is 88.1 Å². The van der Waals surface area contributed by atoms with Gasteiger partial charge in [0.15, 0.2) is 6.04 Å². The summed E-state index contributed by atoms with van der Waals surface area (Å²) in [6, 6.07) is 13.0. The summed E-state index contributed by atoms with van der Waals surface area (Å²) in [5.41, 5.74) is -2.24. The Hall–Kier alpha value is -2.20. The van der Waals surface area contributed by atoms with Crippen LogP contribution >= 0.6 is 23.2 Å². The molecule has 1 amide bonds. The largest absolute Gasteiger partial charge is 0.366 e. The smallest absolute Gasteiger partial charge is 0.249 e. The maximum absolute atomic E-state index is 14.3. The maximum Gasteiger partial charge on any atom is 0.249 e. The molecule has 2 aromatic carbocycles. The van der Waals surface area contributed by atoms with Gasteiger partial charge in [0.05, 0.1) is 31.4 Å². The normalized spacial score (nSPS) is 35.9. The Bertz CT molecular complexity index is 1610. The fourth-order valence-corrected chi connectivity index (χ4v) is 10.2. The molecule has 0 aromatic heterocycles. The number of benzene rings is 2. The van der Waals surface area contributed by atoms with Crippen LogP contribution in [0.2, 0.25) is 10.0 Å². The van der Waals surface area contributed by atoms with Crippen molar-refractivity contribution in [3.63, 3.8) is 0 Å². The molecule has 2 aromatic rings. The van der Waals surface area contributed by atoms with Crippen LogP contribution in [-0.4, -0.2) is 65.2 Å². The number of aliphatic imine (C=N–C) groups is 1. The van der Waals surface area contributed by atoms with Crippen molar-refractivity contribution in [2.75, 3.05) is 13.1 Å². The quantitative estimate of drug-likeness (QED) is 0.430. The Morgan fingerprint density at radius 3 is 2.40 bits per heavy atom. The fraction of sp³-hybridized carbons (Fsp3) is 0.548. The first-order chi connectivity index (χ1) is 19.6. The summed E-state index contributed by atoms with van der Waals surface area (Å²) < 4.78 is 44.1. The van der Waals surface area contributed by atoms with Crippen molar-refractivity contribution in [3.8, 4) is 0 Å². The third kappa shape index (κ3) is 4.25. The van der Waals surface area contributed by atoms with Gasteiger partial charge in [-0.2, -0.15) is 4.31 Å². The van der Waals surface area contributed by atoms with E-state index in [2.05, 4.69) is 5.32 Å². The van der Waals surface area contributed by atoms with E-state index in [9.17, 15) is 17.6 Å². The van der Waals surface area contributed by atoms with Crippen molar-refractivity contribution in [3.05, 3.63) is 64.1 Å². The second kappa shape index (κ2) is 8.93. The average molecular weight is 634 g/mol. The van der Waals surface area contributed by atoms with Crippen LogP contribution in [0.25, 0.3) is 0 Å². The van der Waals surface area contributed by atoms with Gasteiger partial charge >= 0.3 is 0 Å². The molecule has 224 valence electrons. The van der Waals surface area contributed by atoms with Gasteiger partial charge in [0, 0.05) is 19.6 Å². The van der Waals surface area contributed by atoms with Gasteiger partial charge in [-0.15, -0.1) is 0 Å². The monoisotopic (exact) mass is 632 g/mol. The minimum Gasteiger partial charge on any atom is -0.366 e. The lowest BCUT2D eigenvalue weighted by atomic mass is 9.60. The van der Waals surface area contributed by atoms with E-state index in [0.717, 1.165) is 12.0 Å². The van der Waals surface area contributed by atoms with Crippen LogP contribution in [0, 0.1) is 10.8 Å². The van der Waals surface area contributed by atoms with Crippen LogP contribution in [0.1, 0.15) is 58.4 Å². The van der Waals surface area contributed by atoms with Crippen molar-refractivity contribution in [2.24, 2.45) is 15.8 Å². The number of halogens is 3. The molecule has 2 aliphatic heterocycles. The maximum atomic E-state index is 14.3. The van der Waals surface area contributed by atoms with E-state index in [-0.39, 0.29) is 22.8 Å². The summed E-state index contributed by atoms with van der Waals surface area (Å²) in [5, 5.41) is 4.30. The van der Waals surface area contributed by atoms with E-state index in [1.807, 2.05) is 18.7 Å². The number of alkyl halides is 1. The number of amides is 1. The predicted molar refractivity (Wildman–Crippen MR) is 161 cm³/mol. The number of likely N-dealkylation sites (tertiary alicyclic amines) is 1. The van der Waals surface area contributed by atoms with Crippen molar-refractivity contribution >= 4 is 45.0 Å². The molecule has 0 radical (unpaired) electrons. The molecule has 0 bridgehead atoms. The fourth-order valence-electron chi connectivity index (χ4n) is 8.05. The first kappa shape index (κ1) is 28.6. The molecule has 1 spiro atoms. The molecule has 2 heterocycles. The van der Waals surface area contributed by atoms with Crippen LogP contribution in [0.15, 0.2) is 58.4 Å². The zero-order valence-corrected chi connectivity index (χ0v) is 26.3. The highest BCUT2D eigenvalue weighted by Gasteiger charge is 2.90. The number of hydrogen-bond acceptors (Lipinski definition) is 5. The molecule has 42 heavy (non-hydrogen) atoms. The number of nitrogens with one attached hydrogen (secondary N) is 1. The molecule has 7 rings (SSSR count). The zero-order valence-electron chi connectivity index (χ0n) is 24.0. The van der Waals surface area contributed by atoms with Crippen LogP contribution in [0.5, 0.6) is 0 Å². The first-order valence-corrected chi connectivity index (χ1v) is 16.7. The number of sulfonamides is 1. The van der Waals surface area contributed by atoms with E-state index in [1.165, 1.54) is 0 Å². The molecule has 1 saturated heterocycles. The van der Waals surface area contributed by atoms with Crippen molar-refractivity contribution in [1.82, 2.24) is 14.5 Å². The number of carbonyl (C=O) groups is 1. The van der Waals surface area contributed by atoms with Crippen molar-refractivity contribution in [2.45, 2.75) is 87.1 Å². The number of rotatable bonds is 7. The lowest BCUT2D eigenvalue weighted by Crippen LogP contribution is -2.54. The SMILES string of the molecule is CC1(F)CC2(CCN(C(=O)[C@@H]3N=C(C45CC4(N(Cc4ccc(Cl)c(Cl)c4)S(=O)(=O)c4ccccc4)C5)NC3(C)C)C2)C1. The van der Waals surface area contributed by atoms with Crippen LogP contribution in [-0.2, 0) is 21.4 Å². The Kier molecular flexibility index (Phi) is 6.07. The first-order valence-electron chi connectivity index (χ1n) is 14.5. The minimum atomic E-state index is -3.87. The third-order valence-corrected chi connectivity index (χ3v) is 12.9. The van der Waals surface area contributed by atoms with E-state index in [0.29, 0.717) is 54.7 Å². The number of carbonyl (C=O) groups excluding carboxylic acids is 1. The summed E-state index contributed by atoms with van der Waals surface area (Å²) in [5.74, 6) is 0.668. The number of hydrogen-bond donors (Lipinski definition) is 1.